The number of hydrogen-bond donors (Lipinski definition) is 0. The maximum Gasteiger partial charge on any atom is 0.261 e. The van der Waals surface area contributed by atoms with E-state index in [1.165, 1.54) is 17.4 Å². The van der Waals surface area contributed by atoms with Crippen LogP contribution >= 0.6 is 11.3 Å². The van der Waals surface area contributed by atoms with E-state index in [-0.39, 0.29) is 16.4 Å². The first-order chi connectivity index (χ1) is 14.3. The lowest BCUT2D eigenvalue weighted by Gasteiger charge is -2.25. The summed E-state index contributed by atoms with van der Waals surface area (Å²) in [4.78, 5) is 22.2. The molecule has 160 valence electrons. The molecule has 0 aliphatic carbocycles. The van der Waals surface area contributed by atoms with Gasteiger partial charge in [0.05, 0.1) is 20.7 Å². The van der Waals surface area contributed by atoms with Crippen molar-refractivity contribution in [3.63, 3.8) is 0 Å². The molecule has 0 fully saturated rings. The Hall–Kier alpha value is -2.29. The van der Waals surface area contributed by atoms with Gasteiger partial charge in [0.15, 0.2) is 15.0 Å². The number of carbonyl (C=O) groups excluding carboxylic acids is 1. The zero-order valence-electron chi connectivity index (χ0n) is 17.8. The van der Waals surface area contributed by atoms with Crippen LogP contribution in [0.3, 0.4) is 0 Å². The molecule has 0 radical (unpaired) electrons. The molecule has 3 aromatic rings. The molecule has 0 aliphatic heterocycles. The molecule has 0 aliphatic rings. The van der Waals surface area contributed by atoms with Gasteiger partial charge in [0.1, 0.15) is 0 Å². The highest BCUT2D eigenvalue weighted by Crippen LogP contribution is 2.32. The summed E-state index contributed by atoms with van der Waals surface area (Å²) in [5.41, 5.74) is 2.09. The third-order valence-electron chi connectivity index (χ3n) is 5.14. The van der Waals surface area contributed by atoms with Crippen molar-refractivity contribution in [3.8, 4) is 0 Å². The molecule has 3 rings (SSSR count). The summed E-state index contributed by atoms with van der Waals surface area (Å²) in [5.74, 6) is -0.347. The third-order valence-corrected chi connectivity index (χ3v) is 7.34. The standard InChI is InChI=1S/C22H27N3O3S2/c1-5-24(6-2)14-15-25(22-23-20-16(3)10-9-12-18(20)29-22)21(26)17-11-7-8-13-19(17)30(4,27)28/h7-13H,5-6,14-15H2,1-4H3. The zero-order valence-corrected chi connectivity index (χ0v) is 19.4. The molecule has 0 saturated carbocycles. The molecule has 0 saturated heterocycles. The van der Waals surface area contributed by atoms with E-state index < -0.39 is 9.84 Å². The number of para-hydroxylation sites is 1. The second kappa shape index (κ2) is 9.24. The van der Waals surface area contributed by atoms with E-state index in [4.69, 9.17) is 4.98 Å². The molecule has 8 heteroatoms. The lowest BCUT2D eigenvalue weighted by molar-refractivity contribution is 0.0980. The van der Waals surface area contributed by atoms with Crippen molar-refractivity contribution in [1.82, 2.24) is 9.88 Å². The first kappa shape index (κ1) is 22.4. The van der Waals surface area contributed by atoms with Gasteiger partial charge in [-0.15, -0.1) is 0 Å². The van der Waals surface area contributed by atoms with Crippen LogP contribution in [0.4, 0.5) is 5.13 Å². The second-order valence-corrected chi connectivity index (χ2v) is 10.2. The van der Waals surface area contributed by atoms with E-state index in [1.807, 2.05) is 25.1 Å². The lowest BCUT2D eigenvalue weighted by atomic mass is 10.2. The number of hydrogen-bond acceptors (Lipinski definition) is 6. The second-order valence-electron chi connectivity index (χ2n) is 7.17. The van der Waals surface area contributed by atoms with Gasteiger partial charge in [-0.05, 0) is 43.8 Å². The monoisotopic (exact) mass is 445 g/mol. The predicted molar refractivity (Wildman–Crippen MR) is 123 cm³/mol. The van der Waals surface area contributed by atoms with Crippen LogP contribution in [0.15, 0.2) is 47.4 Å². The van der Waals surface area contributed by atoms with Gasteiger partial charge in [-0.1, -0.05) is 49.4 Å². The Bertz CT molecular complexity index is 1150. The van der Waals surface area contributed by atoms with Crippen LogP contribution in [-0.2, 0) is 9.84 Å². The maximum absolute atomic E-state index is 13.6. The molecule has 30 heavy (non-hydrogen) atoms. The van der Waals surface area contributed by atoms with Gasteiger partial charge in [-0.2, -0.15) is 0 Å². The number of aryl methyl sites for hydroxylation is 1. The van der Waals surface area contributed by atoms with Crippen LogP contribution in [0.25, 0.3) is 10.2 Å². The number of thiazole rings is 1. The Labute approximate surface area is 182 Å². The summed E-state index contributed by atoms with van der Waals surface area (Å²) in [7, 11) is -3.54. The Morgan fingerprint density at radius 2 is 1.73 bits per heavy atom. The minimum atomic E-state index is -3.54. The quantitative estimate of drug-likeness (QED) is 0.524. The number of fused-ring (bicyclic) bond motifs is 1. The molecule has 2 aromatic carbocycles. The Kier molecular flexibility index (Phi) is 6.90. The van der Waals surface area contributed by atoms with E-state index in [2.05, 4.69) is 18.7 Å². The highest BCUT2D eigenvalue weighted by molar-refractivity contribution is 7.90. The topological polar surface area (TPSA) is 70.6 Å². The zero-order chi connectivity index (χ0) is 21.9. The number of likely N-dealkylation sites (N-methyl/N-ethyl adjacent to an activating group) is 1. The molecule has 1 aromatic heterocycles. The third kappa shape index (κ3) is 4.71. The van der Waals surface area contributed by atoms with Crippen LogP contribution in [0.5, 0.6) is 0 Å². The van der Waals surface area contributed by atoms with E-state index in [0.717, 1.165) is 35.1 Å². The molecule has 0 bridgehead atoms. The number of rotatable bonds is 8. The Morgan fingerprint density at radius 1 is 1.03 bits per heavy atom. The van der Waals surface area contributed by atoms with Crippen molar-refractivity contribution in [2.45, 2.75) is 25.7 Å². The fourth-order valence-corrected chi connectivity index (χ4v) is 5.32. The van der Waals surface area contributed by atoms with Crippen LogP contribution in [0, 0.1) is 6.92 Å². The molecule has 0 atom stereocenters. The van der Waals surface area contributed by atoms with Gasteiger partial charge < -0.3 is 4.90 Å². The van der Waals surface area contributed by atoms with Crippen LogP contribution in [0.1, 0.15) is 29.8 Å². The van der Waals surface area contributed by atoms with Crippen molar-refractivity contribution in [2.75, 3.05) is 37.3 Å². The molecular formula is C22H27N3O3S2. The SMILES string of the molecule is CCN(CC)CCN(C(=O)c1ccccc1S(C)(=O)=O)c1nc2c(C)cccc2s1. The average Bonchev–Trinajstić information content (AvgIpc) is 3.15. The van der Waals surface area contributed by atoms with E-state index in [0.29, 0.717) is 18.2 Å². The normalized spacial score (nSPS) is 11.9. The van der Waals surface area contributed by atoms with Gasteiger partial charge in [0, 0.05) is 19.3 Å². The smallest absolute Gasteiger partial charge is 0.261 e. The number of aromatic nitrogens is 1. The minimum Gasteiger partial charge on any atom is -0.302 e. The fourth-order valence-electron chi connectivity index (χ4n) is 3.37. The summed E-state index contributed by atoms with van der Waals surface area (Å²) >= 11 is 1.45. The molecular weight excluding hydrogens is 418 g/mol. The Morgan fingerprint density at radius 3 is 2.37 bits per heavy atom. The lowest BCUT2D eigenvalue weighted by Crippen LogP contribution is -2.39. The fraction of sp³-hybridized carbons (Fsp3) is 0.364. The van der Waals surface area contributed by atoms with Gasteiger partial charge in [0.2, 0.25) is 0 Å². The van der Waals surface area contributed by atoms with Crippen LogP contribution < -0.4 is 4.90 Å². The average molecular weight is 446 g/mol. The highest BCUT2D eigenvalue weighted by atomic mass is 32.2. The van der Waals surface area contributed by atoms with Gasteiger partial charge in [0.25, 0.3) is 5.91 Å². The molecule has 0 spiro atoms. The van der Waals surface area contributed by atoms with Gasteiger partial charge in [-0.3, -0.25) is 9.69 Å². The Balaban J connectivity index is 2.07. The van der Waals surface area contributed by atoms with Crippen molar-refractivity contribution in [3.05, 3.63) is 53.6 Å². The molecule has 0 N–H and O–H groups in total. The number of benzene rings is 2. The summed E-state index contributed by atoms with van der Waals surface area (Å²) in [5, 5.41) is 0.583. The number of nitrogens with zero attached hydrogens (tertiary/aromatic N) is 3. The van der Waals surface area contributed by atoms with Crippen molar-refractivity contribution < 1.29 is 13.2 Å². The molecule has 1 heterocycles. The molecule has 1 amide bonds. The summed E-state index contributed by atoms with van der Waals surface area (Å²) < 4.78 is 25.5. The highest BCUT2D eigenvalue weighted by Gasteiger charge is 2.26. The number of carbonyl (C=O) groups is 1. The van der Waals surface area contributed by atoms with Crippen LogP contribution in [-0.4, -0.2) is 56.6 Å². The first-order valence-corrected chi connectivity index (χ1v) is 12.7. The first-order valence-electron chi connectivity index (χ1n) is 9.95. The van der Waals surface area contributed by atoms with Crippen molar-refractivity contribution in [1.29, 1.82) is 0 Å². The van der Waals surface area contributed by atoms with Crippen LogP contribution in [0.2, 0.25) is 0 Å². The number of amides is 1. The predicted octanol–water partition coefficient (Wildman–Crippen LogP) is 4.00. The van der Waals surface area contributed by atoms with Gasteiger partial charge >= 0.3 is 0 Å². The van der Waals surface area contributed by atoms with Crippen molar-refractivity contribution >= 4 is 42.4 Å². The number of sulfone groups is 1. The van der Waals surface area contributed by atoms with E-state index in [9.17, 15) is 13.2 Å². The van der Waals surface area contributed by atoms with E-state index >= 15 is 0 Å². The summed E-state index contributed by atoms with van der Waals surface area (Å²) in [6.45, 7) is 9.00. The molecule has 6 nitrogen and oxygen atoms in total. The number of anilines is 1. The maximum atomic E-state index is 13.6. The van der Waals surface area contributed by atoms with Crippen molar-refractivity contribution in [2.24, 2.45) is 0 Å². The molecule has 0 unspecified atom stereocenters. The minimum absolute atomic E-state index is 0.0418. The largest absolute Gasteiger partial charge is 0.302 e. The summed E-state index contributed by atoms with van der Waals surface area (Å²) in [6, 6.07) is 12.3. The van der Waals surface area contributed by atoms with E-state index in [1.54, 1.807) is 23.1 Å². The van der Waals surface area contributed by atoms with Gasteiger partial charge in [-0.25, -0.2) is 13.4 Å². The summed E-state index contributed by atoms with van der Waals surface area (Å²) in [6.07, 6.45) is 1.13.